The highest BCUT2D eigenvalue weighted by Gasteiger charge is 2.34. The smallest absolute Gasteiger partial charge is 0.308 e. The van der Waals surface area contributed by atoms with Gasteiger partial charge in [-0.1, -0.05) is 53.7 Å². The zero-order valence-corrected chi connectivity index (χ0v) is 42.1. The van der Waals surface area contributed by atoms with E-state index in [0.29, 0.717) is 67.8 Å². The number of aliphatic imine (C=N–C) groups is 1. The Labute approximate surface area is 414 Å². The van der Waals surface area contributed by atoms with Crippen molar-refractivity contribution in [2.45, 2.75) is 63.4 Å². The number of methoxy groups -OCH3 is 2. The number of aromatic nitrogens is 6. The van der Waals surface area contributed by atoms with Crippen LogP contribution in [0.1, 0.15) is 91.5 Å². The van der Waals surface area contributed by atoms with E-state index in [1.54, 1.807) is 43.1 Å². The van der Waals surface area contributed by atoms with Crippen molar-refractivity contribution >= 4 is 61.6 Å². The average molecular weight is 1010 g/mol. The van der Waals surface area contributed by atoms with Gasteiger partial charge in [-0.05, 0) is 104 Å². The second kappa shape index (κ2) is 20.6. The number of aryl methyl sites for hydroxylation is 3. The summed E-state index contributed by atoms with van der Waals surface area (Å²) in [5, 5.41) is 31.8. The van der Waals surface area contributed by atoms with Crippen LogP contribution in [0, 0.1) is 20.8 Å². The molecule has 20 heteroatoms. The molecule has 0 radical (unpaired) electrons. The molecule has 17 nitrogen and oxygen atoms in total. The number of allylic oxidation sites excluding steroid dienone is 1. The van der Waals surface area contributed by atoms with Crippen LogP contribution in [0.2, 0.25) is 5.02 Å². The number of carbonyl (C=O) groups is 2. The van der Waals surface area contributed by atoms with Crippen LogP contribution in [-0.2, 0) is 33.1 Å². The fourth-order valence-electron chi connectivity index (χ4n) is 8.51. The lowest BCUT2D eigenvalue weighted by molar-refractivity contribution is -0.141. The minimum Gasteiger partial charge on any atom is -0.513 e. The summed E-state index contributed by atoms with van der Waals surface area (Å²) < 4.78 is 49.2. The fourth-order valence-corrected chi connectivity index (χ4v) is 11.1. The van der Waals surface area contributed by atoms with Crippen LogP contribution in [0.4, 0.5) is 0 Å². The van der Waals surface area contributed by atoms with Crippen molar-refractivity contribution in [1.82, 2.24) is 39.4 Å². The van der Waals surface area contributed by atoms with Gasteiger partial charge in [-0.25, -0.2) is 13.1 Å². The quantitative estimate of drug-likeness (QED) is 0.0474. The number of nitrogens with zero attached hydrogens (tertiary/aromatic N) is 8. The van der Waals surface area contributed by atoms with E-state index >= 15 is 0 Å². The maximum atomic E-state index is 13.9. The summed E-state index contributed by atoms with van der Waals surface area (Å²) in [6.07, 6.45) is 0.637. The highest BCUT2D eigenvalue weighted by molar-refractivity contribution is 7.89. The largest absolute Gasteiger partial charge is 0.513 e. The predicted octanol–water partition coefficient (Wildman–Crippen LogP) is 8.27. The third-order valence-electron chi connectivity index (χ3n) is 12.2. The molecule has 2 atom stereocenters. The van der Waals surface area contributed by atoms with Crippen LogP contribution >= 0.6 is 22.9 Å². The number of benzene rings is 4. The summed E-state index contributed by atoms with van der Waals surface area (Å²) in [6, 6.07) is 22.5. The number of fused-ring (bicyclic) bond motifs is 4. The van der Waals surface area contributed by atoms with E-state index in [2.05, 4.69) is 32.4 Å². The van der Waals surface area contributed by atoms with E-state index in [9.17, 15) is 23.1 Å². The van der Waals surface area contributed by atoms with E-state index < -0.39 is 22.0 Å². The molecule has 0 aliphatic carbocycles. The molecule has 0 spiro atoms. The Balaban J connectivity index is 0.909. The molecule has 7 aromatic rings. The molecule has 0 saturated heterocycles. The number of aliphatic hydroxyl groups is 1. The van der Waals surface area contributed by atoms with Crippen molar-refractivity contribution in [3.05, 3.63) is 152 Å². The number of carbonyl (C=O) groups excluding carboxylic acids is 2. The summed E-state index contributed by atoms with van der Waals surface area (Å²) in [7, 11) is 2.31. The summed E-state index contributed by atoms with van der Waals surface area (Å²) in [5.41, 5.74) is 7.55. The molecule has 1 aliphatic heterocycles. The second-order valence-corrected chi connectivity index (χ2v) is 20.4. The zero-order chi connectivity index (χ0) is 50.0. The molecule has 364 valence electrons. The van der Waals surface area contributed by atoms with Gasteiger partial charge in [0.1, 0.15) is 39.4 Å². The maximum absolute atomic E-state index is 13.9. The molecule has 0 saturated carbocycles. The number of thiophene rings is 1. The van der Waals surface area contributed by atoms with Crippen LogP contribution in [0.25, 0.3) is 16.0 Å². The Morgan fingerprint density at radius 3 is 2.43 bits per heavy atom. The zero-order valence-electron chi connectivity index (χ0n) is 39.7. The highest BCUT2D eigenvalue weighted by atomic mass is 35.5. The Morgan fingerprint density at radius 2 is 1.73 bits per heavy atom. The monoisotopic (exact) mass is 1010 g/mol. The van der Waals surface area contributed by atoms with Crippen molar-refractivity contribution in [2.24, 2.45) is 12.0 Å². The first-order valence-corrected chi connectivity index (χ1v) is 24.9. The average Bonchev–Trinajstić information content (AvgIpc) is 4.00. The number of hydrogen-bond acceptors (Lipinski definition) is 14. The SMILES string of the molecule is C=C(O)CC(c1ccc(C)c(CN(C)S(=O)(=O)c2ccc(OCCCNC(=O)c3sc4c(c3C)C(c3ccc(Cl)cc3)=N[C@@H](CC(=O)OC)c3nnc(C)n3-4)cc2)c1)c1cc(OC)c2c(c1)nnn2C. The van der Waals surface area contributed by atoms with Crippen molar-refractivity contribution < 1.29 is 37.3 Å². The molecular weight excluding hydrogens is 954 g/mol. The van der Waals surface area contributed by atoms with Gasteiger partial charge in [0.2, 0.25) is 10.0 Å². The molecule has 3 aromatic heterocycles. The normalized spacial score (nSPS) is 13.8. The Hall–Kier alpha value is -6.93. The molecule has 1 amide bonds. The van der Waals surface area contributed by atoms with Crippen molar-refractivity contribution in [3.8, 4) is 16.5 Å². The Morgan fingerprint density at radius 1 is 0.986 bits per heavy atom. The summed E-state index contributed by atoms with van der Waals surface area (Å²) in [5.74, 6) is 1.04. The molecule has 0 fully saturated rings. The highest BCUT2D eigenvalue weighted by Crippen LogP contribution is 2.41. The number of esters is 1. The first-order chi connectivity index (χ1) is 33.5. The van der Waals surface area contributed by atoms with E-state index in [1.165, 1.54) is 41.9 Å². The first kappa shape index (κ1) is 49.5. The minimum absolute atomic E-state index is 0.00141. The topological polar surface area (TPSA) is 205 Å². The lowest BCUT2D eigenvalue weighted by Crippen LogP contribution is -2.27. The summed E-state index contributed by atoms with van der Waals surface area (Å²) in [4.78, 5) is 32.0. The number of halogens is 1. The molecule has 70 heavy (non-hydrogen) atoms. The lowest BCUT2D eigenvalue weighted by Gasteiger charge is -2.22. The van der Waals surface area contributed by atoms with Gasteiger partial charge in [0, 0.05) is 55.7 Å². The summed E-state index contributed by atoms with van der Waals surface area (Å²) in [6.45, 7) is 10.0. The van der Waals surface area contributed by atoms with Gasteiger partial charge in [0.25, 0.3) is 5.91 Å². The fraction of sp³-hybridized carbons (Fsp3) is 0.300. The van der Waals surface area contributed by atoms with Crippen molar-refractivity contribution in [1.29, 1.82) is 0 Å². The number of ether oxygens (including phenoxy) is 3. The molecule has 4 heterocycles. The van der Waals surface area contributed by atoms with Crippen LogP contribution in [0.5, 0.6) is 11.5 Å². The van der Waals surface area contributed by atoms with Gasteiger partial charge in [-0.15, -0.1) is 26.6 Å². The molecular formula is C50H52ClN9O8S2. The molecule has 8 rings (SSSR count). The number of sulfonamides is 1. The van der Waals surface area contributed by atoms with Gasteiger partial charge in [-0.2, -0.15) is 4.31 Å². The molecule has 2 N–H and O–H groups in total. The lowest BCUT2D eigenvalue weighted by atomic mass is 9.86. The van der Waals surface area contributed by atoms with Crippen LogP contribution in [-0.4, -0.2) is 99.6 Å². The van der Waals surface area contributed by atoms with Crippen LogP contribution in [0.15, 0.2) is 101 Å². The van der Waals surface area contributed by atoms with Gasteiger partial charge in [0.15, 0.2) is 5.82 Å². The minimum atomic E-state index is -3.92. The van der Waals surface area contributed by atoms with E-state index in [0.717, 1.165) is 38.9 Å². The Kier molecular flexibility index (Phi) is 14.5. The standard InChI is InChI=1S/C50H52ClN9O8S2/c1-28-10-11-33(39(22-29(2)61)34-24-40-46(42(25-34)66-7)59(6)57-55-40)23-35(28)27-58(5)70(64,65)38-18-16-37(17-19-38)68-21-9-20-52-49(63)47-30(3)44-45(32-12-14-36(51)15-13-32)53-41(26-43(62)67-8)48-56-54-31(4)60(48)50(44)69-47/h10-19,23-25,39,41,61H,2,9,20-22,26-27H2,1,3-8H3,(H,52,63)/t39?,41-/m0/s1. The van der Waals surface area contributed by atoms with E-state index in [-0.39, 0.29) is 48.5 Å². The summed E-state index contributed by atoms with van der Waals surface area (Å²) >= 11 is 7.54. The van der Waals surface area contributed by atoms with Crippen molar-refractivity contribution in [3.63, 3.8) is 0 Å². The van der Waals surface area contributed by atoms with Crippen LogP contribution in [0.3, 0.4) is 0 Å². The van der Waals surface area contributed by atoms with E-state index in [4.69, 9.17) is 30.8 Å². The molecule has 0 bridgehead atoms. The maximum Gasteiger partial charge on any atom is 0.308 e. The number of rotatable bonds is 18. The van der Waals surface area contributed by atoms with Gasteiger partial charge in [0.05, 0.1) is 48.5 Å². The Bertz CT molecular complexity index is 3270. The number of nitrogens with one attached hydrogen (secondary N) is 1. The number of aliphatic hydroxyl groups excluding tert-OH is 1. The molecule has 1 unspecified atom stereocenters. The second-order valence-electron chi connectivity index (χ2n) is 17.0. The van der Waals surface area contributed by atoms with Gasteiger partial charge in [-0.3, -0.25) is 19.1 Å². The van der Waals surface area contributed by atoms with E-state index in [1.807, 2.05) is 67.8 Å². The number of amides is 1. The molecule has 1 aliphatic rings. The predicted molar refractivity (Wildman–Crippen MR) is 267 cm³/mol. The van der Waals surface area contributed by atoms with Crippen molar-refractivity contribution in [2.75, 3.05) is 34.4 Å². The van der Waals surface area contributed by atoms with Crippen LogP contribution < -0.4 is 14.8 Å². The third-order valence-corrected chi connectivity index (χ3v) is 15.6. The van der Waals surface area contributed by atoms with Gasteiger partial charge >= 0.3 is 5.97 Å². The molecule has 4 aromatic carbocycles. The number of hydrogen-bond donors (Lipinski definition) is 2. The third kappa shape index (κ3) is 10.1. The first-order valence-electron chi connectivity index (χ1n) is 22.3. The van der Waals surface area contributed by atoms with Gasteiger partial charge < -0.3 is 24.6 Å².